The number of rotatable bonds is 9. The lowest BCUT2D eigenvalue weighted by Crippen LogP contribution is -2.41. The van der Waals surface area contributed by atoms with Crippen molar-refractivity contribution in [1.29, 1.82) is 0 Å². The molecule has 0 aliphatic carbocycles. The van der Waals surface area contributed by atoms with Crippen LogP contribution in [0.4, 0.5) is 0 Å². The van der Waals surface area contributed by atoms with Crippen molar-refractivity contribution in [2.24, 2.45) is 4.99 Å². The van der Waals surface area contributed by atoms with Crippen LogP contribution < -0.4 is 15.4 Å². The molecule has 2 N–H and O–H groups in total. The minimum Gasteiger partial charge on any atom is -0.497 e. The molecule has 0 saturated carbocycles. The summed E-state index contributed by atoms with van der Waals surface area (Å²) in [4.78, 5) is 9.08. The van der Waals surface area contributed by atoms with Crippen molar-refractivity contribution in [3.05, 3.63) is 65.2 Å². The van der Waals surface area contributed by atoms with E-state index in [0.717, 1.165) is 57.6 Å². The molecule has 1 aliphatic heterocycles. The summed E-state index contributed by atoms with van der Waals surface area (Å²) >= 11 is 0. The van der Waals surface area contributed by atoms with Gasteiger partial charge in [0.25, 0.3) is 0 Å². The maximum absolute atomic E-state index is 5.48. The van der Waals surface area contributed by atoms with Crippen molar-refractivity contribution in [2.45, 2.75) is 19.1 Å². The molecular weight excluding hydrogens is 402 g/mol. The van der Waals surface area contributed by atoms with E-state index in [4.69, 9.17) is 9.47 Å². The van der Waals surface area contributed by atoms with E-state index in [2.05, 4.69) is 75.9 Å². The second-order valence-corrected chi connectivity index (χ2v) is 8.22. The second kappa shape index (κ2) is 12.4. The molecule has 0 aromatic heterocycles. The molecule has 1 atom stereocenters. The van der Waals surface area contributed by atoms with Gasteiger partial charge >= 0.3 is 0 Å². The Morgan fingerprint density at radius 1 is 1.09 bits per heavy atom. The van der Waals surface area contributed by atoms with Gasteiger partial charge in [0.05, 0.1) is 26.4 Å². The lowest BCUT2D eigenvalue weighted by Gasteiger charge is -2.28. The average Bonchev–Trinajstić information content (AvgIpc) is 2.82. The Hall–Kier alpha value is -2.61. The van der Waals surface area contributed by atoms with Gasteiger partial charge in [-0.1, -0.05) is 36.4 Å². The van der Waals surface area contributed by atoms with Gasteiger partial charge in [-0.2, -0.15) is 0 Å². The summed E-state index contributed by atoms with van der Waals surface area (Å²) in [6.07, 6.45) is 0. The molecule has 1 heterocycles. The van der Waals surface area contributed by atoms with Crippen molar-refractivity contribution in [2.75, 3.05) is 61.1 Å². The zero-order chi connectivity index (χ0) is 22.8. The summed E-state index contributed by atoms with van der Waals surface area (Å²) in [6, 6.07) is 17.0. The predicted molar refractivity (Wildman–Crippen MR) is 130 cm³/mol. The monoisotopic (exact) mass is 439 g/mol. The van der Waals surface area contributed by atoms with E-state index in [9.17, 15) is 0 Å². The predicted octanol–water partition coefficient (Wildman–Crippen LogP) is 2.50. The minimum absolute atomic E-state index is 0.192. The molecule has 2 aromatic carbocycles. The van der Waals surface area contributed by atoms with Crippen molar-refractivity contribution < 1.29 is 9.47 Å². The van der Waals surface area contributed by atoms with E-state index in [0.29, 0.717) is 0 Å². The highest BCUT2D eigenvalue weighted by molar-refractivity contribution is 5.79. The third kappa shape index (κ3) is 6.95. The van der Waals surface area contributed by atoms with Gasteiger partial charge in [-0.25, -0.2) is 0 Å². The Kier molecular flexibility index (Phi) is 9.34. The van der Waals surface area contributed by atoms with Crippen LogP contribution in [0.15, 0.2) is 53.5 Å². The lowest BCUT2D eigenvalue weighted by atomic mass is 10.1. The zero-order valence-electron chi connectivity index (χ0n) is 19.8. The Bertz CT molecular complexity index is 865. The number of guanidine groups is 1. The molecule has 1 unspecified atom stereocenters. The van der Waals surface area contributed by atoms with Gasteiger partial charge in [-0.3, -0.25) is 9.89 Å². The second-order valence-electron chi connectivity index (χ2n) is 8.22. The van der Waals surface area contributed by atoms with Gasteiger partial charge in [-0.15, -0.1) is 0 Å². The summed E-state index contributed by atoms with van der Waals surface area (Å²) in [5.41, 5.74) is 3.84. The highest BCUT2D eigenvalue weighted by Gasteiger charge is 2.16. The van der Waals surface area contributed by atoms with Crippen LogP contribution >= 0.6 is 0 Å². The zero-order valence-corrected chi connectivity index (χ0v) is 19.8. The molecule has 7 heteroatoms. The fourth-order valence-electron chi connectivity index (χ4n) is 3.92. The third-order valence-corrected chi connectivity index (χ3v) is 5.85. The molecule has 0 amide bonds. The quantitative estimate of drug-likeness (QED) is 0.463. The van der Waals surface area contributed by atoms with Gasteiger partial charge in [0.15, 0.2) is 5.96 Å². The van der Waals surface area contributed by atoms with E-state index in [1.54, 1.807) is 7.11 Å². The Morgan fingerprint density at radius 2 is 1.84 bits per heavy atom. The average molecular weight is 440 g/mol. The maximum atomic E-state index is 5.48. The Morgan fingerprint density at radius 3 is 2.53 bits per heavy atom. The number of nitrogens with one attached hydrogen (secondary N) is 2. The summed E-state index contributed by atoms with van der Waals surface area (Å²) < 4.78 is 10.9. The van der Waals surface area contributed by atoms with E-state index in [1.807, 2.05) is 19.2 Å². The molecule has 0 bridgehead atoms. The van der Waals surface area contributed by atoms with Crippen molar-refractivity contribution in [3.8, 4) is 5.75 Å². The first kappa shape index (κ1) is 24.0. The number of likely N-dealkylation sites (N-methyl/N-ethyl adjacent to an activating group) is 1. The molecule has 3 rings (SSSR count). The molecule has 0 spiro atoms. The molecule has 2 aromatic rings. The van der Waals surface area contributed by atoms with Crippen LogP contribution in [0.1, 0.15) is 22.7 Å². The van der Waals surface area contributed by atoms with Crippen LogP contribution in [0, 0.1) is 0 Å². The van der Waals surface area contributed by atoms with Crippen LogP contribution in [0.3, 0.4) is 0 Å². The molecular formula is C25H37N5O2. The first-order chi connectivity index (χ1) is 15.6. The molecule has 174 valence electrons. The third-order valence-electron chi connectivity index (χ3n) is 5.85. The number of nitrogens with zero attached hydrogens (tertiary/aromatic N) is 3. The number of aliphatic imine (C=N–C) groups is 1. The topological polar surface area (TPSA) is 61.4 Å². The van der Waals surface area contributed by atoms with Crippen LogP contribution in [0.5, 0.6) is 5.75 Å². The fourth-order valence-corrected chi connectivity index (χ4v) is 3.92. The lowest BCUT2D eigenvalue weighted by molar-refractivity contribution is 0.0341. The normalized spacial score (nSPS) is 16.1. The summed E-state index contributed by atoms with van der Waals surface area (Å²) in [6.45, 7) is 6.02. The Labute approximate surface area is 192 Å². The van der Waals surface area contributed by atoms with Gasteiger partial charge in [0.2, 0.25) is 0 Å². The first-order valence-electron chi connectivity index (χ1n) is 11.2. The standard InChI is InChI=1S/C25H37N5O2/c1-26-25(28-18-24(29(2)3)20-10-7-11-23(16-20)31-4)27-17-21-8-5-6-9-22(21)19-30-12-14-32-15-13-30/h5-11,16,24H,12-15,17-19H2,1-4H3,(H2,26,27,28). The largest absolute Gasteiger partial charge is 0.497 e. The van der Waals surface area contributed by atoms with Crippen molar-refractivity contribution in [1.82, 2.24) is 20.4 Å². The fraction of sp³-hybridized carbons (Fsp3) is 0.480. The Balaban J connectivity index is 1.58. The van der Waals surface area contributed by atoms with E-state index in [1.165, 1.54) is 16.7 Å². The van der Waals surface area contributed by atoms with Gasteiger partial charge in [-0.05, 0) is 42.9 Å². The van der Waals surface area contributed by atoms with Crippen molar-refractivity contribution >= 4 is 5.96 Å². The van der Waals surface area contributed by atoms with Crippen molar-refractivity contribution in [3.63, 3.8) is 0 Å². The number of ether oxygens (including phenoxy) is 2. The molecule has 1 fully saturated rings. The summed E-state index contributed by atoms with van der Waals surface area (Å²) in [5, 5.41) is 6.97. The minimum atomic E-state index is 0.192. The number of hydrogen-bond acceptors (Lipinski definition) is 5. The molecule has 1 saturated heterocycles. The summed E-state index contributed by atoms with van der Waals surface area (Å²) in [7, 11) is 7.68. The molecule has 32 heavy (non-hydrogen) atoms. The number of hydrogen-bond donors (Lipinski definition) is 2. The van der Waals surface area contributed by atoms with E-state index >= 15 is 0 Å². The maximum Gasteiger partial charge on any atom is 0.191 e. The van der Waals surface area contributed by atoms with Crippen LogP contribution in [-0.2, 0) is 17.8 Å². The summed E-state index contributed by atoms with van der Waals surface area (Å²) in [5.74, 6) is 1.66. The highest BCUT2D eigenvalue weighted by Crippen LogP contribution is 2.22. The van der Waals surface area contributed by atoms with Crippen LogP contribution in [-0.4, -0.2) is 76.9 Å². The number of methoxy groups -OCH3 is 1. The highest BCUT2D eigenvalue weighted by atomic mass is 16.5. The van der Waals surface area contributed by atoms with Gasteiger partial charge in [0.1, 0.15) is 5.75 Å². The molecule has 0 radical (unpaired) electrons. The smallest absolute Gasteiger partial charge is 0.191 e. The first-order valence-corrected chi connectivity index (χ1v) is 11.2. The van der Waals surface area contributed by atoms with E-state index in [-0.39, 0.29) is 6.04 Å². The van der Waals surface area contributed by atoms with Gasteiger partial charge < -0.3 is 25.0 Å². The number of benzene rings is 2. The van der Waals surface area contributed by atoms with Crippen LogP contribution in [0.25, 0.3) is 0 Å². The molecule has 1 aliphatic rings. The number of morpholine rings is 1. The van der Waals surface area contributed by atoms with Gasteiger partial charge in [0, 0.05) is 39.8 Å². The molecule has 7 nitrogen and oxygen atoms in total. The van der Waals surface area contributed by atoms with E-state index < -0.39 is 0 Å². The SMILES string of the molecule is CN=C(NCc1ccccc1CN1CCOCC1)NCC(c1cccc(OC)c1)N(C)C. The van der Waals surface area contributed by atoms with Crippen LogP contribution in [0.2, 0.25) is 0 Å².